The second-order valence-electron chi connectivity index (χ2n) is 7.76. The van der Waals surface area contributed by atoms with Crippen LogP contribution in [0.3, 0.4) is 0 Å². The van der Waals surface area contributed by atoms with E-state index in [0.717, 1.165) is 6.42 Å². The van der Waals surface area contributed by atoms with Gasteiger partial charge in [-0.1, -0.05) is 25.5 Å². The zero-order chi connectivity index (χ0) is 25.4. The first-order valence-corrected chi connectivity index (χ1v) is 11.7. The fraction of sp³-hybridized carbons (Fsp3) is 0.520. The van der Waals surface area contributed by atoms with Gasteiger partial charge in [0.05, 0.1) is 35.2 Å². The maximum atomic E-state index is 13.4. The van der Waals surface area contributed by atoms with E-state index in [2.05, 4.69) is 0 Å². The summed E-state index contributed by atoms with van der Waals surface area (Å²) in [5, 5.41) is 11.5. The third-order valence-electron chi connectivity index (χ3n) is 5.59. The Balaban J connectivity index is 2.93. The molecule has 0 amide bonds. The Morgan fingerprint density at radius 3 is 2.21 bits per heavy atom. The van der Waals surface area contributed by atoms with Crippen LogP contribution in [-0.2, 0) is 23.8 Å². The van der Waals surface area contributed by atoms with Gasteiger partial charge in [0, 0.05) is 30.1 Å². The smallest absolute Gasteiger partial charge is 0.336 e. The Morgan fingerprint density at radius 1 is 1.06 bits per heavy atom. The molecule has 1 aliphatic rings. The Labute approximate surface area is 200 Å². The summed E-state index contributed by atoms with van der Waals surface area (Å²) in [5.41, 5.74) is 2.05. The number of esters is 2. The van der Waals surface area contributed by atoms with Gasteiger partial charge in [0.15, 0.2) is 0 Å². The standard InChI is InChI=1S/C25H34N2O7/c1-7-12-20-23(25(29)34-10-4)22(18-13-11-14-19(15-18)27(30)31)21(24(28)33-9-3)16(5)26(20)17(6)32-8-2/h11,13-15,17,22H,7-10,12H2,1-6H3. The average molecular weight is 475 g/mol. The van der Waals surface area contributed by atoms with Crippen LogP contribution in [0.25, 0.3) is 0 Å². The van der Waals surface area contributed by atoms with E-state index in [9.17, 15) is 19.7 Å². The maximum Gasteiger partial charge on any atom is 0.336 e. The van der Waals surface area contributed by atoms with Gasteiger partial charge in [0.2, 0.25) is 0 Å². The minimum Gasteiger partial charge on any atom is -0.463 e. The van der Waals surface area contributed by atoms with E-state index >= 15 is 0 Å². The third kappa shape index (κ3) is 5.64. The van der Waals surface area contributed by atoms with Crippen LogP contribution in [0.4, 0.5) is 5.69 Å². The van der Waals surface area contributed by atoms with Crippen molar-refractivity contribution in [3.05, 3.63) is 62.5 Å². The molecule has 0 bridgehead atoms. The monoisotopic (exact) mass is 474 g/mol. The summed E-state index contributed by atoms with van der Waals surface area (Å²) in [5.74, 6) is -2.06. The highest BCUT2D eigenvalue weighted by Gasteiger charge is 2.43. The number of benzene rings is 1. The molecule has 9 heteroatoms. The number of nitro groups is 1. The summed E-state index contributed by atoms with van der Waals surface area (Å²) >= 11 is 0. The number of non-ortho nitro benzene ring substituents is 1. The second-order valence-corrected chi connectivity index (χ2v) is 7.76. The van der Waals surface area contributed by atoms with E-state index in [-0.39, 0.29) is 30.0 Å². The highest BCUT2D eigenvalue weighted by Crippen LogP contribution is 2.45. The van der Waals surface area contributed by atoms with Gasteiger partial charge in [-0.2, -0.15) is 0 Å². The first-order chi connectivity index (χ1) is 16.2. The summed E-state index contributed by atoms with van der Waals surface area (Å²) < 4.78 is 16.7. The number of hydrogen-bond acceptors (Lipinski definition) is 8. The van der Waals surface area contributed by atoms with Crippen LogP contribution >= 0.6 is 0 Å². The molecule has 0 saturated heterocycles. The summed E-state index contributed by atoms with van der Waals surface area (Å²) in [6.45, 7) is 11.6. The Hall–Kier alpha value is -3.20. The Bertz CT molecular complexity index is 983. The minimum absolute atomic E-state index is 0.135. The summed E-state index contributed by atoms with van der Waals surface area (Å²) in [6, 6.07) is 5.98. The molecule has 0 aromatic heterocycles. The Kier molecular flexibility index (Phi) is 9.80. The molecule has 0 radical (unpaired) electrons. The summed E-state index contributed by atoms with van der Waals surface area (Å²) in [4.78, 5) is 39.5. The number of ether oxygens (including phenoxy) is 3. The number of rotatable bonds is 11. The maximum absolute atomic E-state index is 13.4. The van der Waals surface area contributed by atoms with E-state index in [1.54, 1.807) is 32.9 Å². The lowest BCUT2D eigenvalue weighted by atomic mass is 9.78. The number of nitro benzene ring substituents is 1. The van der Waals surface area contributed by atoms with Crippen LogP contribution in [0.1, 0.15) is 65.9 Å². The molecule has 186 valence electrons. The van der Waals surface area contributed by atoms with Crippen molar-refractivity contribution in [2.75, 3.05) is 19.8 Å². The summed E-state index contributed by atoms with van der Waals surface area (Å²) in [7, 11) is 0. The van der Waals surface area contributed by atoms with Crippen LogP contribution in [-0.4, -0.2) is 47.8 Å². The van der Waals surface area contributed by atoms with Crippen molar-refractivity contribution >= 4 is 17.6 Å². The van der Waals surface area contributed by atoms with Gasteiger partial charge in [-0.15, -0.1) is 0 Å². The van der Waals surface area contributed by atoms with E-state index in [1.807, 2.05) is 25.7 Å². The van der Waals surface area contributed by atoms with Crippen LogP contribution in [0.5, 0.6) is 0 Å². The molecule has 0 N–H and O–H groups in total. The molecule has 1 aliphatic heterocycles. The highest BCUT2D eigenvalue weighted by molar-refractivity contribution is 6.00. The molecule has 1 aromatic carbocycles. The molecule has 2 rings (SSSR count). The lowest BCUT2D eigenvalue weighted by Gasteiger charge is -2.41. The first kappa shape index (κ1) is 27.0. The molecule has 0 fully saturated rings. The normalized spacial score (nSPS) is 17.0. The number of allylic oxidation sites excluding steroid dienone is 2. The van der Waals surface area contributed by atoms with E-state index in [1.165, 1.54) is 12.1 Å². The largest absolute Gasteiger partial charge is 0.463 e. The van der Waals surface area contributed by atoms with Gasteiger partial charge in [-0.25, -0.2) is 9.59 Å². The predicted octanol–water partition coefficient (Wildman–Crippen LogP) is 4.83. The van der Waals surface area contributed by atoms with Crippen LogP contribution in [0.2, 0.25) is 0 Å². The van der Waals surface area contributed by atoms with Crippen molar-refractivity contribution in [2.45, 2.75) is 66.5 Å². The van der Waals surface area contributed by atoms with Gasteiger partial charge >= 0.3 is 11.9 Å². The van der Waals surface area contributed by atoms with Crippen molar-refractivity contribution in [2.24, 2.45) is 0 Å². The van der Waals surface area contributed by atoms with Gasteiger partial charge in [0.25, 0.3) is 5.69 Å². The first-order valence-electron chi connectivity index (χ1n) is 11.7. The van der Waals surface area contributed by atoms with E-state index in [0.29, 0.717) is 30.0 Å². The lowest BCUT2D eigenvalue weighted by molar-refractivity contribution is -0.384. The topological polar surface area (TPSA) is 108 Å². The number of carbonyl (C=O) groups excluding carboxylic acids is 2. The van der Waals surface area contributed by atoms with Crippen LogP contribution < -0.4 is 0 Å². The summed E-state index contributed by atoms with van der Waals surface area (Å²) in [6.07, 6.45) is 0.772. The molecule has 9 nitrogen and oxygen atoms in total. The molecule has 0 saturated carbocycles. The molecule has 2 atom stereocenters. The number of nitrogens with zero attached hydrogens (tertiary/aromatic N) is 2. The van der Waals surface area contributed by atoms with Crippen molar-refractivity contribution in [1.82, 2.24) is 4.90 Å². The molecule has 1 heterocycles. The SMILES string of the molecule is CCCC1=C(C(=O)OCC)C(c2cccc([N+](=O)[O-])c2)C(C(=O)OCC)=C(C)N1C(C)OCC. The fourth-order valence-corrected chi connectivity index (χ4v) is 4.35. The van der Waals surface area contributed by atoms with Gasteiger partial charge in [-0.3, -0.25) is 10.1 Å². The van der Waals surface area contributed by atoms with Crippen molar-refractivity contribution in [3.63, 3.8) is 0 Å². The number of hydrogen-bond donors (Lipinski definition) is 0. The Morgan fingerprint density at radius 2 is 1.68 bits per heavy atom. The average Bonchev–Trinajstić information content (AvgIpc) is 2.79. The zero-order valence-electron chi connectivity index (χ0n) is 20.8. The molecular formula is C25H34N2O7. The fourth-order valence-electron chi connectivity index (χ4n) is 4.35. The van der Waals surface area contributed by atoms with E-state index < -0.39 is 29.0 Å². The molecule has 1 aromatic rings. The molecular weight excluding hydrogens is 440 g/mol. The third-order valence-corrected chi connectivity index (χ3v) is 5.59. The van der Waals surface area contributed by atoms with Crippen LogP contribution in [0, 0.1) is 10.1 Å². The number of carbonyl (C=O) groups is 2. The van der Waals surface area contributed by atoms with Crippen molar-refractivity contribution < 1.29 is 28.7 Å². The quantitative estimate of drug-likeness (QED) is 0.255. The second kappa shape index (κ2) is 12.3. The van der Waals surface area contributed by atoms with Gasteiger partial charge < -0.3 is 19.1 Å². The zero-order valence-corrected chi connectivity index (χ0v) is 20.8. The van der Waals surface area contributed by atoms with Crippen molar-refractivity contribution in [3.8, 4) is 0 Å². The minimum atomic E-state index is -0.885. The van der Waals surface area contributed by atoms with Crippen LogP contribution in [0.15, 0.2) is 46.8 Å². The highest BCUT2D eigenvalue weighted by atomic mass is 16.6. The molecule has 0 spiro atoms. The van der Waals surface area contributed by atoms with Crippen molar-refractivity contribution in [1.29, 1.82) is 0 Å². The van der Waals surface area contributed by atoms with Gasteiger partial charge in [-0.05, 0) is 46.6 Å². The lowest BCUT2D eigenvalue weighted by Crippen LogP contribution is -2.41. The van der Waals surface area contributed by atoms with E-state index in [4.69, 9.17) is 14.2 Å². The molecule has 0 aliphatic carbocycles. The van der Waals surface area contributed by atoms with Gasteiger partial charge in [0.1, 0.15) is 6.23 Å². The predicted molar refractivity (Wildman–Crippen MR) is 127 cm³/mol. The molecule has 2 unspecified atom stereocenters. The molecule has 34 heavy (non-hydrogen) atoms.